The van der Waals surface area contributed by atoms with Crippen LogP contribution in [0.1, 0.15) is 26.3 Å². The van der Waals surface area contributed by atoms with E-state index in [4.69, 9.17) is 9.47 Å². The maximum absolute atomic E-state index is 12.1. The number of amides is 1. The molecule has 0 radical (unpaired) electrons. The predicted octanol–water partition coefficient (Wildman–Crippen LogP) is 3.31. The molecule has 1 aromatic carbocycles. The number of rotatable bonds is 6. The van der Waals surface area contributed by atoms with E-state index in [0.29, 0.717) is 13.0 Å². The third-order valence-electron chi connectivity index (χ3n) is 3.03. The molecule has 0 heterocycles. The predicted molar refractivity (Wildman–Crippen MR) is 87.6 cm³/mol. The minimum Gasteiger partial charge on any atom is -0.467 e. The van der Waals surface area contributed by atoms with E-state index in [1.807, 2.05) is 38.1 Å². The third-order valence-corrected chi connectivity index (χ3v) is 3.56. The van der Waals surface area contributed by atoms with Crippen molar-refractivity contribution >= 4 is 28.0 Å². The SMILES string of the molecule is COC(=O)[C@@](C)(Cc1ccc(Br)cc1)NC(=O)OCC(C)C. The highest BCUT2D eigenvalue weighted by Gasteiger charge is 2.37. The monoisotopic (exact) mass is 371 g/mol. The standard InChI is InChI=1S/C16H22BrNO4/c1-11(2)10-22-15(20)18-16(3,14(19)21-4)9-12-5-7-13(17)8-6-12/h5-8,11H,9-10H2,1-4H3,(H,18,20)/t16-/m1/s1. The van der Waals surface area contributed by atoms with Crippen molar-refractivity contribution in [1.82, 2.24) is 5.32 Å². The topological polar surface area (TPSA) is 64.6 Å². The molecule has 6 heteroatoms. The van der Waals surface area contributed by atoms with Crippen LogP contribution in [0, 0.1) is 5.92 Å². The first kappa shape index (κ1) is 18.5. The average molecular weight is 372 g/mol. The van der Waals surface area contributed by atoms with Crippen LogP contribution in [0.2, 0.25) is 0 Å². The second-order valence-electron chi connectivity index (χ2n) is 5.74. The van der Waals surface area contributed by atoms with E-state index in [2.05, 4.69) is 21.2 Å². The van der Waals surface area contributed by atoms with E-state index in [0.717, 1.165) is 10.0 Å². The molecular weight excluding hydrogens is 350 g/mol. The van der Waals surface area contributed by atoms with Gasteiger partial charge < -0.3 is 14.8 Å². The molecule has 1 atom stereocenters. The lowest BCUT2D eigenvalue weighted by Crippen LogP contribution is -2.54. The highest BCUT2D eigenvalue weighted by Crippen LogP contribution is 2.18. The zero-order chi connectivity index (χ0) is 16.8. The van der Waals surface area contributed by atoms with E-state index in [1.165, 1.54) is 7.11 Å². The minimum atomic E-state index is -1.18. The van der Waals surface area contributed by atoms with Gasteiger partial charge in [-0.15, -0.1) is 0 Å². The van der Waals surface area contributed by atoms with Crippen LogP contribution in [-0.2, 0) is 20.7 Å². The summed E-state index contributed by atoms with van der Waals surface area (Å²) in [5, 5.41) is 2.62. The van der Waals surface area contributed by atoms with E-state index in [1.54, 1.807) is 6.92 Å². The number of hydrogen-bond donors (Lipinski definition) is 1. The Balaban J connectivity index is 2.83. The molecule has 0 spiro atoms. The van der Waals surface area contributed by atoms with Crippen molar-refractivity contribution in [3.63, 3.8) is 0 Å². The molecule has 122 valence electrons. The minimum absolute atomic E-state index is 0.224. The molecule has 1 N–H and O–H groups in total. The summed E-state index contributed by atoms with van der Waals surface area (Å²) in [5.74, 6) is -0.293. The number of ether oxygens (including phenoxy) is 2. The lowest BCUT2D eigenvalue weighted by Gasteiger charge is -2.27. The van der Waals surface area contributed by atoms with Crippen LogP contribution in [0.3, 0.4) is 0 Å². The summed E-state index contributed by atoms with van der Waals surface area (Å²) in [7, 11) is 1.29. The number of benzene rings is 1. The van der Waals surface area contributed by atoms with E-state index in [9.17, 15) is 9.59 Å². The molecule has 0 aromatic heterocycles. The number of alkyl carbamates (subject to hydrolysis) is 1. The Kier molecular flexibility index (Phi) is 6.87. The maximum Gasteiger partial charge on any atom is 0.408 e. The summed E-state index contributed by atoms with van der Waals surface area (Å²) < 4.78 is 10.8. The summed E-state index contributed by atoms with van der Waals surface area (Å²) in [6.07, 6.45) is -0.317. The van der Waals surface area contributed by atoms with Crippen molar-refractivity contribution in [2.24, 2.45) is 5.92 Å². The van der Waals surface area contributed by atoms with Gasteiger partial charge in [0.15, 0.2) is 0 Å². The number of hydrogen-bond acceptors (Lipinski definition) is 4. The fourth-order valence-corrected chi connectivity index (χ4v) is 2.17. The first-order valence-electron chi connectivity index (χ1n) is 7.04. The van der Waals surface area contributed by atoms with Gasteiger partial charge in [-0.25, -0.2) is 9.59 Å². The number of carbonyl (C=O) groups is 2. The maximum atomic E-state index is 12.1. The van der Waals surface area contributed by atoms with E-state index >= 15 is 0 Å². The van der Waals surface area contributed by atoms with Crippen LogP contribution in [0.25, 0.3) is 0 Å². The molecule has 22 heavy (non-hydrogen) atoms. The first-order valence-corrected chi connectivity index (χ1v) is 7.84. The fourth-order valence-electron chi connectivity index (χ4n) is 1.91. The normalized spacial score (nSPS) is 13.4. The number of carbonyl (C=O) groups excluding carboxylic acids is 2. The lowest BCUT2D eigenvalue weighted by atomic mass is 9.93. The average Bonchev–Trinajstić information content (AvgIpc) is 2.46. The summed E-state index contributed by atoms with van der Waals surface area (Å²) >= 11 is 3.36. The van der Waals surface area contributed by atoms with Gasteiger partial charge in [0.25, 0.3) is 0 Å². The molecule has 0 saturated carbocycles. The Bertz CT molecular complexity index is 515. The highest BCUT2D eigenvalue weighted by atomic mass is 79.9. The van der Waals surface area contributed by atoms with Crippen molar-refractivity contribution in [3.05, 3.63) is 34.3 Å². The van der Waals surface area contributed by atoms with Gasteiger partial charge >= 0.3 is 12.1 Å². The van der Waals surface area contributed by atoms with E-state index in [-0.39, 0.29) is 5.92 Å². The zero-order valence-corrected chi connectivity index (χ0v) is 14.9. The van der Waals surface area contributed by atoms with Gasteiger partial charge in [0.05, 0.1) is 13.7 Å². The summed E-state index contributed by atoms with van der Waals surface area (Å²) in [6.45, 7) is 5.79. The van der Waals surface area contributed by atoms with Crippen molar-refractivity contribution < 1.29 is 19.1 Å². The van der Waals surface area contributed by atoms with Gasteiger partial charge in [0.1, 0.15) is 5.54 Å². The molecule has 0 aliphatic rings. The molecule has 0 aliphatic carbocycles. The third kappa shape index (κ3) is 5.67. The zero-order valence-electron chi connectivity index (χ0n) is 13.3. The second-order valence-corrected chi connectivity index (χ2v) is 6.66. The Hall–Kier alpha value is -1.56. The van der Waals surface area contributed by atoms with Gasteiger partial charge in [-0.2, -0.15) is 0 Å². The van der Waals surface area contributed by atoms with E-state index < -0.39 is 17.6 Å². The van der Waals surface area contributed by atoms with Crippen molar-refractivity contribution in [2.45, 2.75) is 32.7 Å². The highest BCUT2D eigenvalue weighted by molar-refractivity contribution is 9.10. The largest absolute Gasteiger partial charge is 0.467 e. The molecule has 0 unspecified atom stereocenters. The van der Waals surface area contributed by atoms with Gasteiger partial charge in [0, 0.05) is 10.9 Å². The van der Waals surface area contributed by atoms with Crippen LogP contribution < -0.4 is 5.32 Å². The lowest BCUT2D eigenvalue weighted by molar-refractivity contribution is -0.147. The number of halogens is 1. The van der Waals surface area contributed by atoms with Crippen LogP contribution in [0.4, 0.5) is 4.79 Å². The molecule has 1 amide bonds. The molecule has 0 bridgehead atoms. The molecule has 0 fully saturated rings. The molecular formula is C16H22BrNO4. The Morgan fingerprint density at radius 1 is 1.27 bits per heavy atom. The van der Waals surface area contributed by atoms with Crippen molar-refractivity contribution in [2.75, 3.05) is 13.7 Å². The molecule has 0 aliphatic heterocycles. The molecule has 1 aromatic rings. The van der Waals surface area contributed by atoms with Crippen LogP contribution in [-0.4, -0.2) is 31.3 Å². The Labute approximate surface area is 139 Å². The Morgan fingerprint density at radius 2 is 1.86 bits per heavy atom. The first-order chi connectivity index (χ1) is 10.3. The van der Waals surface area contributed by atoms with Gasteiger partial charge in [-0.1, -0.05) is 41.9 Å². The molecule has 1 rings (SSSR count). The fraction of sp³-hybridized carbons (Fsp3) is 0.500. The van der Waals surface area contributed by atoms with Crippen LogP contribution in [0.5, 0.6) is 0 Å². The van der Waals surface area contributed by atoms with Crippen molar-refractivity contribution in [1.29, 1.82) is 0 Å². The summed E-state index contributed by atoms with van der Waals surface area (Å²) in [6, 6.07) is 7.52. The van der Waals surface area contributed by atoms with Crippen LogP contribution >= 0.6 is 15.9 Å². The summed E-state index contributed by atoms with van der Waals surface area (Å²) in [5.41, 5.74) is -0.281. The van der Waals surface area contributed by atoms with Gasteiger partial charge in [0.2, 0.25) is 0 Å². The number of esters is 1. The number of nitrogens with one attached hydrogen (secondary N) is 1. The summed E-state index contributed by atoms with van der Waals surface area (Å²) in [4.78, 5) is 24.0. The van der Waals surface area contributed by atoms with Crippen LogP contribution in [0.15, 0.2) is 28.7 Å². The van der Waals surface area contributed by atoms with Gasteiger partial charge in [-0.05, 0) is 30.5 Å². The van der Waals surface area contributed by atoms with Gasteiger partial charge in [-0.3, -0.25) is 0 Å². The number of methoxy groups -OCH3 is 1. The second kappa shape index (κ2) is 8.17. The smallest absolute Gasteiger partial charge is 0.408 e. The molecule has 0 saturated heterocycles. The molecule has 5 nitrogen and oxygen atoms in total. The Morgan fingerprint density at radius 3 is 2.36 bits per heavy atom. The van der Waals surface area contributed by atoms with Crippen molar-refractivity contribution in [3.8, 4) is 0 Å². The quantitative estimate of drug-likeness (QED) is 0.779.